The molecule has 0 saturated heterocycles. The Morgan fingerprint density at radius 2 is 1.90 bits per heavy atom. The zero-order valence-electron chi connectivity index (χ0n) is 13.0. The van der Waals surface area contributed by atoms with E-state index in [1.54, 1.807) is 38.3 Å². The van der Waals surface area contributed by atoms with E-state index in [-0.39, 0.29) is 18.9 Å². The predicted octanol–water partition coefficient (Wildman–Crippen LogP) is 2.13. The first-order valence-corrected chi connectivity index (χ1v) is 7.23. The Bertz CT molecular complexity index is 428. The van der Waals surface area contributed by atoms with Crippen LogP contribution in [-0.4, -0.2) is 36.9 Å². The van der Waals surface area contributed by atoms with Crippen molar-refractivity contribution in [3.8, 4) is 11.5 Å². The predicted molar refractivity (Wildman–Crippen MR) is 81.6 cm³/mol. The molecule has 1 atom stereocenters. The van der Waals surface area contributed by atoms with Gasteiger partial charge in [0.15, 0.2) is 0 Å². The minimum atomic E-state index is -0.846. The van der Waals surface area contributed by atoms with Crippen molar-refractivity contribution in [2.75, 3.05) is 20.3 Å². The average Bonchev–Trinajstić information content (AvgIpc) is 2.46. The maximum Gasteiger partial charge on any atom is 0.223 e. The molecule has 118 valence electrons. The Kier molecular flexibility index (Phi) is 7.02. The molecule has 0 aromatic heterocycles. The molecule has 1 aromatic rings. The second-order valence-corrected chi connectivity index (χ2v) is 5.30. The fraction of sp³-hybridized carbons (Fsp3) is 0.562. The number of amides is 1. The smallest absolute Gasteiger partial charge is 0.223 e. The second kappa shape index (κ2) is 8.52. The summed E-state index contributed by atoms with van der Waals surface area (Å²) in [7, 11) is 1.60. The number of rotatable bonds is 9. The number of hydrogen-bond acceptors (Lipinski definition) is 4. The van der Waals surface area contributed by atoms with Crippen molar-refractivity contribution in [3.63, 3.8) is 0 Å². The quantitative estimate of drug-likeness (QED) is 0.732. The molecule has 0 aliphatic heterocycles. The summed E-state index contributed by atoms with van der Waals surface area (Å²) in [6.45, 7) is 4.29. The van der Waals surface area contributed by atoms with Crippen LogP contribution in [-0.2, 0) is 4.79 Å². The lowest BCUT2D eigenvalue weighted by molar-refractivity contribution is -0.122. The van der Waals surface area contributed by atoms with Crippen molar-refractivity contribution in [3.05, 3.63) is 24.3 Å². The van der Waals surface area contributed by atoms with Crippen LogP contribution in [0.25, 0.3) is 0 Å². The summed E-state index contributed by atoms with van der Waals surface area (Å²) in [5.41, 5.74) is -0.846. The molecular weight excluding hydrogens is 270 g/mol. The van der Waals surface area contributed by atoms with E-state index in [9.17, 15) is 9.90 Å². The number of carbonyl (C=O) groups is 1. The number of nitrogens with one attached hydrogen (secondary N) is 1. The summed E-state index contributed by atoms with van der Waals surface area (Å²) in [5, 5.41) is 12.7. The maximum atomic E-state index is 11.7. The van der Waals surface area contributed by atoms with E-state index < -0.39 is 5.60 Å². The molecule has 0 aliphatic carbocycles. The zero-order valence-corrected chi connectivity index (χ0v) is 13.0. The molecular formula is C16H25NO4. The van der Waals surface area contributed by atoms with E-state index >= 15 is 0 Å². The van der Waals surface area contributed by atoms with Gasteiger partial charge in [-0.05, 0) is 37.6 Å². The number of ether oxygens (including phenoxy) is 2. The second-order valence-electron chi connectivity index (χ2n) is 5.30. The summed E-state index contributed by atoms with van der Waals surface area (Å²) >= 11 is 0. The van der Waals surface area contributed by atoms with Crippen molar-refractivity contribution in [1.29, 1.82) is 0 Å². The highest BCUT2D eigenvalue weighted by Crippen LogP contribution is 2.17. The van der Waals surface area contributed by atoms with E-state index in [0.29, 0.717) is 18.8 Å². The van der Waals surface area contributed by atoms with E-state index in [1.165, 1.54) is 0 Å². The van der Waals surface area contributed by atoms with Crippen molar-refractivity contribution < 1.29 is 19.4 Å². The van der Waals surface area contributed by atoms with Crippen LogP contribution in [0, 0.1) is 0 Å². The van der Waals surface area contributed by atoms with Crippen LogP contribution in [0.3, 0.4) is 0 Å². The molecule has 1 aromatic carbocycles. The molecule has 0 saturated carbocycles. The summed E-state index contributed by atoms with van der Waals surface area (Å²) in [4.78, 5) is 11.7. The van der Waals surface area contributed by atoms with E-state index in [0.717, 1.165) is 12.2 Å². The van der Waals surface area contributed by atoms with Gasteiger partial charge in [0.05, 0.1) is 25.7 Å². The summed E-state index contributed by atoms with van der Waals surface area (Å²) in [6, 6.07) is 7.19. The van der Waals surface area contributed by atoms with E-state index in [2.05, 4.69) is 5.32 Å². The lowest BCUT2D eigenvalue weighted by atomic mass is 10.0. The molecule has 1 amide bonds. The number of methoxy groups -OCH3 is 1. The lowest BCUT2D eigenvalue weighted by Gasteiger charge is -2.22. The van der Waals surface area contributed by atoms with Crippen molar-refractivity contribution in [2.24, 2.45) is 0 Å². The van der Waals surface area contributed by atoms with E-state index in [1.807, 2.05) is 6.92 Å². The van der Waals surface area contributed by atoms with E-state index in [4.69, 9.17) is 9.47 Å². The molecule has 0 bridgehead atoms. The number of aliphatic hydroxyl groups is 1. The van der Waals surface area contributed by atoms with Crippen LogP contribution in [0.15, 0.2) is 24.3 Å². The third-order valence-electron chi connectivity index (χ3n) is 3.11. The summed E-state index contributed by atoms with van der Waals surface area (Å²) in [6.07, 6.45) is 1.80. The zero-order chi connectivity index (χ0) is 15.7. The van der Waals surface area contributed by atoms with Crippen LogP contribution in [0.1, 0.15) is 33.1 Å². The largest absolute Gasteiger partial charge is 0.497 e. The van der Waals surface area contributed by atoms with Gasteiger partial charge in [-0.3, -0.25) is 4.79 Å². The van der Waals surface area contributed by atoms with Gasteiger partial charge in [-0.25, -0.2) is 0 Å². The number of benzene rings is 1. The molecule has 5 nitrogen and oxygen atoms in total. The van der Waals surface area contributed by atoms with Crippen LogP contribution in [0.2, 0.25) is 0 Å². The van der Waals surface area contributed by atoms with Gasteiger partial charge in [0.1, 0.15) is 11.5 Å². The van der Waals surface area contributed by atoms with Crippen molar-refractivity contribution >= 4 is 5.91 Å². The molecule has 1 unspecified atom stereocenters. The fourth-order valence-corrected chi connectivity index (χ4v) is 1.94. The van der Waals surface area contributed by atoms with Gasteiger partial charge in [-0.15, -0.1) is 0 Å². The Balaban J connectivity index is 2.23. The van der Waals surface area contributed by atoms with Gasteiger partial charge in [-0.1, -0.05) is 13.3 Å². The first-order valence-electron chi connectivity index (χ1n) is 7.23. The van der Waals surface area contributed by atoms with Gasteiger partial charge < -0.3 is 19.9 Å². The first-order chi connectivity index (χ1) is 9.96. The summed E-state index contributed by atoms with van der Waals surface area (Å²) < 4.78 is 10.5. The fourth-order valence-electron chi connectivity index (χ4n) is 1.94. The van der Waals surface area contributed by atoms with Crippen molar-refractivity contribution in [1.82, 2.24) is 5.32 Å². The SMILES string of the molecule is CCCC(C)(O)CNC(=O)CCOc1ccc(OC)cc1. The molecule has 5 heteroatoms. The van der Waals surface area contributed by atoms with Crippen molar-refractivity contribution in [2.45, 2.75) is 38.7 Å². The van der Waals surface area contributed by atoms with Gasteiger partial charge in [0.25, 0.3) is 0 Å². The van der Waals surface area contributed by atoms with Crippen LogP contribution in [0.4, 0.5) is 0 Å². The van der Waals surface area contributed by atoms with Crippen LogP contribution < -0.4 is 14.8 Å². The minimum absolute atomic E-state index is 0.125. The Morgan fingerprint density at radius 3 is 2.48 bits per heavy atom. The van der Waals surface area contributed by atoms with Crippen LogP contribution in [0.5, 0.6) is 11.5 Å². The molecule has 0 radical (unpaired) electrons. The maximum absolute atomic E-state index is 11.7. The van der Waals surface area contributed by atoms with Gasteiger partial charge in [-0.2, -0.15) is 0 Å². The summed E-state index contributed by atoms with van der Waals surface area (Å²) in [5.74, 6) is 1.33. The minimum Gasteiger partial charge on any atom is -0.497 e. The number of carbonyl (C=O) groups excluding carboxylic acids is 1. The third-order valence-corrected chi connectivity index (χ3v) is 3.11. The highest BCUT2D eigenvalue weighted by molar-refractivity contribution is 5.76. The highest BCUT2D eigenvalue weighted by Gasteiger charge is 2.19. The molecule has 1 rings (SSSR count). The van der Waals surface area contributed by atoms with Crippen LogP contribution >= 0.6 is 0 Å². The molecule has 0 spiro atoms. The van der Waals surface area contributed by atoms with Gasteiger partial charge >= 0.3 is 0 Å². The lowest BCUT2D eigenvalue weighted by Crippen LogP contribution is -2.40. The monoisotopic (exact) mass is 295 g/mol. The molecule has 2 N–H and O–H groups in total. The Labute approximate surface area is 126 Å². The first kappa shape index (κ1) is 17.3. The van der Waals surface area contributed by atoms with Gasteiger partial charge in [0, 0.05) is 6.54 Å². The standard InChI is InChI=1S/C16H25NO4/c1-4-10-16(2,19)12-17-15(18)9-11-21-14-7-5-13(20-3)6-8-14/h5-8,19H,4,9-12H2,1-3H3,(H,17,18). The average molecular weight is 295 g/mol. The topological polar surface area (TPSA) is 67.8 Å². The van der Waals surface area contributed by atoms with Gasteiger partial charge in [0.2, 0.25) is 5.91 Å². The highest BCUT2D eigenvalue weighted by atomic mass is 16.5. The molecule has 21 heavy (non-hydrogen) atoms. The normalized spacial score (nSPS) is 13.3. The Hall–Kier alpha value is -1.75. The molecule has 0 heterocycles. The third kappa shape index (κ3) is 6.99. The Morgan fingerprint density at radius 1 is 1.29 bits per heavy atom. The molecule has 0 aliphatic rings. The molecule has 0 fully saturated rings. The number of hydrogen-bond donors (Lipinski definition) is 2.